The van der Waals surface area contributed by atoms with Crippen molar-refractivity contribution in [1.82, 2.24) is 9.88 Å². The first kappa shape index (κ1) is 11.4. The molecule has 3 nitrogen and oxygen atoms in total. The van der Waals surface area contributed by atoms with Crippen LogP contribution in [-0.2, 0) is 6.42 Å². The lowest BCUT2D eigenvalue weighted by Gasteiger charge is -2.28. The van der Waals surface area contributed by atoms with Crippen molar-refractivity contribution in [3.63, 3.8) is 0 Å². The Morgan fingerprint density at radius 3 is 2.88 bits per heavy atom. The highest BCUT2D eigenvalue weighted by Crippen LogP contribution is 2.20. The van der Waals surface area contributed by atoms with E-state index in [9.17, 15) is 4.79 Å². The van der Waals surface area contributed by atoms with Crippen LogP contribution in [0, 0.1) is 5.92 Å². The Hall–Kier alpha value is -1.09. The van der Waals surface area contributed by atoms with E-state index >= 15 is 0 Å². The lowest BCUT2D eigenvalue weighted by atomic mass is 9.91. The molecule has 0 spiro atoms. The number of likely N-dealkylation sites (tertiary alicyclic amines) is 1. The first-order valence-corrected chi connectivity index (χ1v) is 6.11. The Morgan fingerprint density at radius 2 is 2.19 bits per heavy atom. The summed E-state index contributed by atoms with van der Waals surface area (Å²) >= 11 is 0. The monoisotopic (exact) mass is 220 g/mol. The molecule has 0 aliphatic carbocycles. The van der Waals surface area contributed by atoms with Crippen molar-refractivity contribution in [2.24, 2.45) is 5.92 Å². The van der Waals surface area contributed by atoms with Gasteiger partial charge in [0.05, 0.1) is 0 Å². The second-order valence-electron chi connectivity index (χ2n) is 4.81. The standard InChI is InChI=1S/C13H20N2O/c1-15-9-6-11(7-10-15)4-5-12-3-2-8-14-13(12)16/h2-3,8,11H,4-7,9-10H2,1H3,(H,14,16). The lowest BCUT2D eigenvalue weighted by molar-refractivity contribution is 0.212. The topological polar surface area (TPSA) is 36.1 Å². The zero-order valence-corrected chi connectivity index (χ0v) is 9.91. The van der Waals surface area contributed by atoms with Crippen LogP contribution < -0.4 is 5.56 Å². The number of piperidine rings is 1. The first-order valence-electron chi connectivity index (χ1n) is 6.11. The molecule has 0 unspecified atom stereocenters. The molecule has 0 radical (unpaired) electrons. The van der Waals surface area contributed by atoms with Crippen molar-refractivity contribution in [2.45, 2.75) is 25.7 Å². The molecule has 16 heavy (non-hydrogen) atoms. The van der Waals surface area contributed by atoms with Crippen LogP contribution in [0.1, 0.15) is 24.8 Å². The largest absolute Gasteiger partial charge is 0.329 e. The first-order chi connectivity index (χ1) is 7.75. The normalized spacial score (nSPS) is 18.8. The number of nitrogens with one attached hydrogen (secondary N) is 1. The molecule has 2 heterocycles. The number of pyridine rings is 1. The molecule has 2 rings (SSSR count). The van der Waals surface area contributed by atoms with Crippen LogP contribution in [0.3, 0.4) is 0 Å². The number of rotatable bonds is 3. The molecule has 0 amide bonds. The van der Waals surface area contributed by atoms with Crippen LogP contribution >= 0.6 is 0 Å². The smallest absolute Gasteiger partial charge is 0.251 e. The van der Waals surface area contributed by atoms with Gasteiger partial charge in [-0.05, 0) is 57.8 Å². The predicted octanol–water partition coefficient (Wildman–Crippen LogP) is 1.65. The molecule has 1 aliphatic rings. The summed E-state index contributed by atoms with van der Waals surface area (Å²) in [5.41, 5.74) is 1.01. The summed E-state index contributed by atoms with van der Waals surface area (Å²) in [5, 5.41) is 0. The van der Waals surface area contributed by atoms with Crippen molar-refractivity contribution >= 4 is 0 Å². The molecule has 1 N–H and O–H groups in total. The molecule has 0 saturated carbocycles. The van der Waals surface area contributed by atoms with Crippen molar-refractivity contribution < 1.29 is 0 Å². The summed E-state index contributed by atoms with van der Waals surface area (Å²) in [6.45, 7) is 2.41. The van der Waals surface area contributed by atoms with Gasteiger partial charge in [-0.25, -0.2) is 0 Å². The number of aromatic nitrogens is 1. The van der Waals surface area contributed by atoms with E-state index in [2.05, 4.69) is 16.9 Å². The van der Waals surface area contributed by atoms with Crippen molar-refractivity contribution in [2.75, 3.05) is 20.1 Å². The van der Waals surface area contributed by atoms with E-state index in [1.165, 1.54) is 25.9 Å². The van der Waals surface area contributed by atoms with Crippen molar-refractivity contribution in [3.8, 4) is 0 Å². The molecule has 0 atom stereocenters. The second-order valence-corrected chi connectivity index (χ2v) is 4.81. The molecule has 1 fully saturated rings. The SMILES string of the molecule is CN1CCC(CCc2ccc[nH]c2=O)CC1. The number of aromatic amines is 1. The van der Waals surface area contributed by atoms with E-state index in [0.29, 0.717) is 0 Å². The summed E-state index contributed by atoms with van der Waals surface area (Å²) in [5.74, 6) is 0.802. The van der Waals surface area contributed by atoms with Gasteiger partial charge in [0.15, 0.2) is 0 Å². The highest BCUT2D eigenvalue weighted by molar-refractivity contribution is 5.09. The van der Waals surface area contributed by atoms with Gasteiger partial charge in [-0.3, -0.25) is 4.79 Å². The summed E-state index contributed by atoms with van der Waals surface area (Å²) < 4.78 is 0. The van der Waals surface area contributed by atoms with Gasteiger partial charge >= 0.3 is 0 Å². The van der Waals surface area contributed by atoms with Crippen molar-refractivity contribution in [1.29, 1.82) is 0 Å². The van der Waals surface area contributed by atoms with Crippen LogP contribution in [0.2, 0.25) is 0 Å². The Labute approximate surface area is 96.5 Å². The second kappa shape index (κ2) is 5.30. The molecular weight excluding hydrogens is 200 g/mol. The molecule has 88 valence electrons. The summed E-state index contributed by atoms with van der Waals surface area (Å²) in [6, 6.07) is 3.85. The highest BCUT2D eigenvalue weighted by atomic mass is 16.1. The zero-order chi connectivity index (χ0) is 11.4. The van der Waals surface area contributed by atoms with Gasteiger partial charge < -0.3 is 9.88 Å². The van der Waals surface area contributed by atoms with Gasteiger partial charge in [0.25, 0.3) is 5.56 Å². The maximum atomic E-state index is 11.5. The fourth-order valence-electron chi connectivity index (χ4n) is 2.36. The average Bonchev–Trinajstić information content (AvgIpc) is 2.30. The molecule has 1 aliphatic heterocycles. The minimum Gasteiger partial charge on any atom is -0.329 e. The Balaban J connectivity index is 1.84. The van der Waals surface area contributed by atoms with Gasteiger partial charge in [0, 0.05) is 11.8 Å². The Bertz CT molecular complexity index is 378. The van der Waals surface area contributed by atoms with Gasteiger partial charge in [-0.15, -0.1) is 0 Å². The maximum absolute atomic E-state index is 11.5. The molecule has 1 aromatic heterocycles. The summed E-state index contributed by atoms with van der Waals surface area (Å²) in [7, 11) is 2.18. The summed E-state index contributed by atoms with van der Waals surface area (Å²) in [4.78, 5) is 16.6. The van der Waals surface area contributed by atoms with E-state index in [-0.39, 0.29) is 5.56 Å². The van der Waals surface area contributed by atoms with E-state index in [4.69, 9.17) is 0 Å². The van der Waals surface area contributed by atoms with Gasteiger partial charge in [0.1, 0.15) is 0 Å². The molecule has 1 aromatic rings. The van der Waals surface area contributed by atoms with Gasteiger partial charge in [-0.1, -0.05) is 6.07 Å². The van der Waals surface area contributed by atoms with E-state index in [0.717, 1.165) is 24.3 Å². The van der Waals surface area contributed by atoms with Crippen LogP contribution in [-0.4, -0.2) is 30.0 Å². The quantitative estimate of drug-likeness (QED) is 0.840. The van der Waals surface area contributed by atoms with Crippen LogP contribution in [0.5, 0.6) is 0 Å². The van der Waals surface area contributed by atoms with Crippen molar-refractivity contribution in [3.05, 3.63) is 34.2 Å². The highest BCUT2D eigenvalue weighted by Gasteiger charge is 2.16. The molecule has 0 bridgehead atoms. The third kappa shape index (κ3) is 2.95. The lowest BCUT2D eigenvalue weighted by Crippen LogP contribution is -2.30. The van der Waals surface area contributed by atoms with E-state index < -0.39 is 0 Å². The number of H-pyrrole nitrogens is 1. The summed E-state index contributed by atoms with van der Waals surface area (Å²) in [6.07, 6.45) is 6.33. The Kier molecular flexibility index (Phi) is 3.78. The Morgan fingerprint density at radius 1 is 1.44 bits per heavy atom. The van der Waals surface area contributed by atoms with Crippen LogP contribution in [0.4, 0.5) is 0 Å². The minimum absolute atomic E-state index is 0.0791. The minimum atomic E-state index is 0.0791. The molecule has 1 saturated heterocycles. The fraction of sp³-hybridized carbons (Fsp3) is 0.615. The molecule has 0 aromatic carbocycles. The number of hydrogen-bond donors (Lipinski definition) is 1. The number of hydrogen-bond acceptors (Lipinski definition) is 2. The number of aryl methyl sites for hydroxylation is 1. The van der Waals surface area contributed by atoms with Crippen LogP contribution in [0.25, 0.3) is 0 Å². The van der Waals surface area contributed by atoms with E-state index in [1.807, 2.05) is 12.1 Å². The van der Waals surface area contributed by atoms with Crippen LogP contribution in [0.15, 0.2) is 23.1 Å². The zero-order valence-electron chi connectivity index (χ0n) is 9.91. The average molecular weight is 220 g/mol. The molecular formula is C13H20N2O. The fourth-order valence-corrected chi connectivity index (χ4v) is 2.36. The predicted molar refractivity (Wildman–Crippen MR) is 65.6 cm³/mol. The van der Waals surface area contributed by atoms with E-state index in [1.54, 1.807) is 6.20 Å². The third-order valence-corrected chi connectivity index (χ3v) is 3.56. The van der Waals surface area contributed by atoms with Gasteiger partial charge in [-0.2, -0.15) is 0 Å². The third-order valence-electron chi connectivity index (χ3n) is 3.56. The number of nitrogens with zero attached hydrogens (tertiary/aromatic N) is 1. The van der Waals surface area contributed by atoms with Gasteiger partial charge in [0.2, 0.25) is 0 Å². The molecule has 3 heteroatoms. The maximum Gasteiger partial charge on any atom is 0.251 e.